The second kappa shape index (κ2) is 7.50. The number of nitro groups is 1. The maximum absolute atomic E-state index is 12.7. The molecule has 1 unspecified atom stereocenters. The van der Waals surface area contributed by atoms with Gasteiger partial charge in [0, 0.05) is 30.2 Å². The first-order valence-corrected chi connectivity index (χ1v) is 9.27. The fourth-order valence-corrected chi connectivity index (χ4v) is 3.44. The van der Waals surface area contributed by atoms with Gasteiger partial charge in [0.1, 0.15) is 23.2 Å². The molecule has 1 atom stereocenters. The minimum atomic E-state index is -0.618. The molecule has 9 nitrogen and oxygen atoms in total. The molecule has 2 aromatic rings. The fourth-order valence-electron chi connectivity index (χ4n) is 3.44. The van der Waals surface area contributed by atoms with Gasteiger partial charge in [-0.3, -0.25) is 14.9 Å². The highest BCUT2D eigenvalue weighted by Crippen LogP contribution is 2.38. The number of ether oxygens (including phenoxy) is 4. The summed E-state index contributed by atoms with van der Waals surface area (Å²) in [7, 11) is 0. The third-order valence-corrected chi connectivity index (χ3v) is 4.75. The lowest BCUT2D eigenvalue weighted by molar-refractivity contribution is -0.385. The molecule has 2 heterocycles. The van der Waals surface area contributed by atoms with Crippen LogP contribution in [0.1, 0.15) is 35.3 Å². The van der Waals surface area contributed by atoms with Crippen molar-refractivity contribution in [2.75, 3.05) is 13.4 Å². The average Bonchev–Trinajstić information content (AvgIpc) is 3.29. The molecule has 0 radical (unpaired) electrons. The van der Waals surface area contributed by atoms with Crippen LogP contribution < -0.4 is 24.3 Å². The summed E-state index contributed by atoms with van der Waals surface area (Å²) in [6.07, 6.45) is 0.881. The maximum Gasteiger partial charge on any atom is 0.286 e. The fraction of sp³-hybridized carbons (Fsp3) is 0.350. The van der Waals surface area contributed by atoms with Crippen LogP contribution in [0.2, 0.25) is 0 Å². The van der Waals surface area contributed by atoms with Gasteiger partial charge in [-0.2, -0.15) is 0 Å². The lowest BCUT2D eigenvalue weighted by Crippen LogP contribution is -2.24. The van der Waals surface area contributed by atoms with Crippen molar-refractivity contribution in [3.63, 3.8) is 0 Å². The van der Waals surface area contributed by atoms with Gasteiger partial charge in [0.25, 0.3) is 11.6 Å². The summed E-state index contributed by atoms with van der Waals surface area (Å²) < 4.78 is 21.9. The van der Waals surface area contributed by atoms with E-state index < -0.39 is 10.8 Å². The monoisotopic (exact) mass is 400 g/mol. The summed E-state index contributed by atoms with van der Waals surface area (Å²) in [6, 6.07) is 6.30. The topological polar surface area (TPSA) is 109 Å². The molecule has 9 heteroatoms. The molecule has 2 aliphatic heterocycles. The van der Waals surface area contributed by atoms with Crippen molar-refractivity contribution in [1.29, 1.82) is 0 Å². The minimum Gasteiger partial charge on any atom is -0.494 e. The number of benzene rings is 2. The van der Waals surface area contributed by atoms with Crippen LogP contribution in [0, 0.1) is 10.1 Å². The standard InChI is InChI=1S/C20H20N2O7/c1-3-26-16-5-12-4-11(2)29-17(12)6-13(16)9-21-20(23)14-7-18-19(28-10-27-18)8-15(14)22(24)25/h5-8,11H,3-4,9-10H2,1-2H3,(H,21,23). The molecule has 0 aromatic heterocycles. The number of hydrogen-bond donors (Lipinski definition) is 1. The SMILES string of the molecule is CCOc1cc2c(cc1CNC(=O)c1cc3c(cc1[N+](=O)[O-])OCO3)OC(C)C2. The highest BCUT2D eigenvalue weighted by Gasteiger charge is 2.28. The van der Waals surface area contributed by atoms with Crippen LogP contribution in [0.3, 0.4) is 0 Å². The highest BCUT2D eigenvalue weighted by molar-refractivity contribution is 5.99. The van der Waals surface area contributed by atoms with Gasteiger partial charge in [-0.25, -0.2) is 0 Å². The molecule has 2 aromatic carbocycles. The van der Waals surface area contributed by atoms with Crippen molar-refractivity contribution in [3.05, 3.63) is 51.1 Å². The lowest BCUT2D eigenvalue weighted by atomic mass is 10.1. The van der Waals surface area contributed by atoms with Gasteiger partial charge in [-0.1, -0.05) is 0 Å². The Morgan fingerprint density at radius 1 is 1.24 bits per heavy atom. The zero-order valence-corrected chi connectivity index (χ0v) is 16.0. The summed E-state index contributed by atoms with van der Waals surface area (Å²) in [5, 5.41) is 14.1. The Labute approximate surface area is 166 Å². The molecule has 0 saturated heterocycles. The van der Waals surface area contributed by atoms with E-state index in [0.29, 0.717) is 18.1 Å². The molecule has 0 aliphatic carbocycles. The van der Waals surface area contributed by atoms with Crippen LogP contribution in [-0.4, -0.2) is 30.3 Å². The Hall–Kier alpha value is -3.49. The quantitative estimate of drug-likeness (QED) is 0.586. The predicted molar refractivity (Wildman–Crippen MR) is 102 cm³/mol. The molecule has 0 saturated carbocycles. The molecule has 2 aliphatic rings. The number of nitrogens with one attached hydrogen (secondary N) is 1. The Morgan fingerprint density at radius 3 is 2.72 bits per heavy atom. The van der Waals surface area contributed by atoms with E-state index in [9.17, 15) is 14.9 Å². The van der Waals surface area contributed by atoms with Crippen molar-refractivity contribution in [2.45, 2.75) is 32.9 Å². The second-order valence-corrected chi connectivity index (χ2v) is 6.80. The van der Waals surface area contributed by atoms with E-state index in [4.69, 9.17) is 18.9 Å². The molecule has 29 heavy (non-hydrogen) atoms. The summed E-state index contributed by atoms with van der Waals surface area (Å²) in [5.41, 5.74) is 1.35. The first-order chi connectivity index (χ1) is 14.0. The number of amides is 1. The average molecular weight is 400 g/mol. The van der Waals surface area contributed by atoms with Crippen LogP contribution in [-0.2, 0) is 13.0 Å². The van der Waals surface area contributed by atoms with Gasteiger partial charge >= 0.3 is 0 Å². The lowest BCUT2D eigenvalue weighted by Gasteiger charge is -2.13. The molecule has 0 fully saturated rings. The van der Waals surface area contributed by atoms with Crippen LogP contribution >= 0.6 is 0 Å². The number of fused-ring (bicyclic) bond motifs is 2. The number of hydrogen-bond acceptors (Lipinski definition) is 7. The van der Waals surface area contributed by atoms with Crippen LogP contribution in [0.15, 0.2) is 24.3 Å². The molecule has 1 amide bonds. The Balaban J connectivity index is 1.58. The number of nitro benzene ring substituents is 1. The van der Waals surface area contributed by atoms with Gasteiger partial charge < -0.3 is 24.3 Å². The molecule has 0 spiro atoms. The van der Waals surface area contributed by atoms with Gasteiger partial charge in [-0.15, -0.1) is 0 Å². The molecule has 0 bridgehead atoms. The van der Waals surface area contributed by atoms with Crippen LogP contribution in [0.4, 0.5) is 5.69 Å². The van der Waals surface area contributed by atoms with Gasteiger partial charge in [0.15, 0.2) is 11.5 Å². The summed E-state index contributed by atoms with van der Waals surface area (Å²) in [5.74, 6) is 1.38. The number of rotatable bonds is 6. The van der Waals surface area contributed by atoms with Crippen molar-refractivity contribution >= 4 is 11.6 Å². The third-order valence-electron chi connectivity index (χ3n) is 4.75. The number of carbonyl (C=O) groups excluding carboxylic acids is 1. The molecule has 1 N–H and O–H groups in total. The smallest absolute Gasteiger partial charge is 0.286 e. The maximum atomic E-state index is 12.7. The Kier molecular flexibility index (Phi) is 4.87. The van der Waals surface area contributed by atoms with Crippen molar-refractivity contribution in [1.82, 2.24) is 5.32 Å². The van der Waals surface area contributed by atoms with E-state index in [-0.39, 0.29) is 36.4 Å². The van der Waals surface area contributed by atoms with E-state index in [2.05, 4.69) is 5.32 Å². The summed E-state index contributed by atoms with van der Waals surface area (Å²) in [4.78, 5) is 23.5. The first-order valence-electron chi connectivity index (χ1n) is 9.27. The van der Waals surface area contributed by atoms with E-state index >= 15 is 0 Å². The predicted octanol–water partition coefficient (Wildman–Crippen LogP) is 2.98. The molecular weight excluding hydrogens is 380 g/mol. The van der Waals surface area contributed by atoms with Crippen molar-refractivity contribution in [2.24, 2.45) is 0 Å². The largest absolute Gasteiger partial charge is 0.494 e. The Bertz CT molecular complexity index is 989. The number of nitrogens with zero attached hydrogens (tertiary/aromatic N) is 1. The van der Waals surface area contributed by atoms with E-state index in [1.54, 1.807) is 0 Å². The van der Waals surface area contributed by atoms with E-state index in [1.165, 1.54) is 12.1 Å². The third kappa shape index (κ3) is 3.63. The minimum absolute atomic E-state index is 0.0389. The van der Waals surface area contributed by atoms with Gasteiger partial charge in [0.05, 0.1) is 17.6 Å². The first kappa shape index (κ1) is 18.9. The van der Waals surface area contributed by atoms with Crippen LogP contribution in [0.5, 0.6) is 23.0 Å². The van der Waals surface area contributed by atoms with Crippen molar-refractivity contribution in [3.8, 4) is 23.0 Å². The van der Waals surface area contributed by atoms with E-state index in [0.717, 1.165) is 23.3 Å². The zero-order chi connectivity index (χ0) is 20.5. The normalized spacial score (nSPS) is 16.1. The van der Waals surface area contributed by atoms with Gasteiger partial charge in [0.2, 0.25) is 6.79 Å². The number of carbonyl (C=O) groups is 1. The van der Waals surface area contributed by atoms with E-state index in [1.807, 2.05) is 26.0 Å². The molecular formula is C20H20N2O7. The Morgan fingerprint density at radius 2 is 2.00 bits per heavy atom. The summed E-state index contributed by atoms with van der Waals surface area (Å²) in [6.45, 7) is 4.43. The summed E-state index contributed by atoms with van der Waals surface area (Å²) >= 11 is 0. The van der Waals surface area contributed by atoms with Crippen molar-refractivity contribution < 1.29 is 28.7 Å². The second-order valence-electron chi connectivity index (χ2n) is 6.80. The molecule has 152 valence electrons. The van der Waals surface area contributed by atoms with Crippen LogP contribution in [0.25, 0.3) is 0 Å². The molecule has 4 rings (SSSR count). The zero-order valence-electron chi connectivity index (χ0n) is 16.0. The highest BCUT2D eigenvalue weighted by atomic mass is 16.7. The van der Waals surface area contributed by atoms with Gasteiger partial charge in [-0.05, 0) is 26.0 Å².